The number of imidazole rings is 1. The third-order valence-corrected chi connectivity index (χ3v) is 2.39. The van der Waals surface area contributed by atoms with E-state index in [1.54, 1.807) is 10.8 Å². The minimum Gasteiger partial charge on any atom is -0.390 e. The second-order valence-electron chi connectivity index (χ2n) is 3.61. The number of nitrogens with zero attached hydrogens (tertiary/aromatic N) is 3. The van der Waals surface area contributed by atoms with Gasteiger partial charge in [-0.1, -0.05) is 0 Å². The quantitative estimate of drug-likeness (QED) is 0.869. The van der Waals surface area contributed by atoms with Gasteiger partial charge in [-0.25, -0.2) is 9.37 Å². The summed E-state index contributed by atoms with van der Waals surface area (Å²) in [5, 5.41) is 17.8. The Labute approximate surface area is 97.6 Å². The van der Waals surface area contributed by atoms with Crippen LogP contribution in [0.25, 0.3) is 0 Å². The van der Waals surface area contributed by atoms with Crippen LogP contribution in [0.5, 0.6) is 0 Å². The van der Waals surface area contributed by atoms with E-state index in [1.165, 1.54) is 24.5 Å². The van der Waals surface area contributed by atoms with Crippen LogP contribution >= 0.6 is 0 Å². The van der Waals surface area contributed by atoms with Gasteiger partial charge in [-0.15, -0.1) is 0 Å². The minimum atomic E-state index is -0.374. The summed E-state index contributed by atoms with van der Waals surface area (Å²) in [5.74, 6) is -0.374. The molecule has 0 aliphatic heterocycles. The Morgan fingerprint density at radius 1 is 1.47 bits per heavy atom. The molecule has 4 nitrogen and oxygen atoms in total. The van der Waals surface area contributed by atoms with Gasteiger partial charge in [0.25, 0.3) is 0 Å². The molecule has 0 fully saturated rings. The van der Waals surface area contributed by atoms with Gasteiger partial charge in [-0.05, 0) is 23.8 Å². The van der Waals surface area contributed by atoms with Crippen LogP contribution in [0, 0.1) is 17.1 Å². The molecule has 0 bridgehead atoms. The average molecular weight is 231 g/mol. The fourth-order valence-corrected chi connectivity index (χ4v) is 1.57. The molecule has 86 valence electrons. The second kappa shape index (κ2) is 4.76. The van der Waals surface area contributed by atoms with Crippen LogP contribution in [0.2, 0.25) is 0 Å². The molecule has 0 saturated carbocycles. The van der Waals surface area contributed by atoms with Gasteiger partial charge in [0.05, 0.1) is 30.3 Å². The van der Waals surface area contributed by atoms with Gasteiger partial charge in [0, 0.05) is 12.7 Å². The molecular formula is C12H10FN3O. The summed E-state index contributed by atoms with van der Waals surface area (Å²) in [4.78, 5) is 3.95. The number of rotatable bonds is 3. The summed E-state index contributed by atoms with van der Waals surface area (Å²) >= 11 is 0. The first-order valence-electron chi connectivity index (χ1n) is 5.03. The number of benzene rings is 1. The molecule has 0 saturated heterocycles. The molecule has 5 heteroatoms. The SMILES string of the molecule is N#Cc1ccc(F)cc1Cn1cnc(CO)c1. The minimum absolute atomic E-state index is 0.138. The molecule has 0 aliphatic carbocycles. The largest absolute Gasteiger partial charge is 0.390 e. The van der Waals surface area contributed by atoms with Crippen LogP contribution in [0.4, 0.5) is 4.39 Å². The summed E-state index contributed by atoms with van der Waals surface area (Å²) < 4.78 is 14.8. The smallest absolute Gasteiger partial charge is 0.123 e. The van der Waals surface area contributed by atoms with Crippen molar-refractivity contribution in [1.29, 1.82) is 5.26 Å². The van der Waals surface area contributed by atoms with E-state index in [-0.39, 0.29) is 12.4 Å². The average Bonchev–Trinajstić information content (AvgIpc) is 2.77. The predicted molar refractivity (Wildman–Crippen MR) is 58.4 cm³/mol. The van der Waals surface area contributed by atoms with Crippen LogP contribution in [0.1, 0.15) is 16.8 Å². The number of hydrogen-bond donors (Lipinski definition) is 1. The molecule has 0 spiro atoms. The Kier molecular flexibility index (Phi) is 3.17. The van der Waals surface area contributed by atoms with E-state index in [2.05, 4.69) is 4.98 Å². The highest BCUT2D eigenvalue weighted by atomic mass is 19.1. The first-order chi connectivity index (χ1) is 8.22. The lowest BCUT2D eigenvalue weighted by Crippen LogP contribution is -2.00. The highest BCUT2D eigenvalue weighted by Gasteiger charge is 2.05. The Bertz CT molecular complexity index is 571. The van der Waals surface area contributed by atoms with Gasteiger partial charge < -0.3 is 9.67 Å². The van der Waals surface area contributed by atoms with Gasteiger partial charge in [0.2, 0.25) is 0 Å². The number of aromatic nitrogens is 2. The first-order valence-corrected chi connectivity index (χ1v) is 5.03. The first kappa shape index (κ1) is 11.3. The fourth-order valence-electron chi connectivity index (χ4n) is 1.57. The van der Waals surface area contributed by atoms with Gasteiger partial charge in [0.1, 0.15) is 5.82 Å². The van der Waals surface area contributed by atoms with Crippen LogP contribution in [-0.4, -0.2) is 14.7 Å². The molecule has 0 aliphatic rings. The van der Waals surface area contributed by atoms with Crippen molar-refractivity contribution in [3.8, 4) is 6.07 Å². The summed E-state index contributed by atoms with van der Waals surface area (Å²) in [6.07, 6.45) is 3.20. The third kappa shape index (κ3) is 2.49. The zero-order valence-corrected chi connectivity index (χ0v) is 8.97. The third-order valence-electron chi connectivity index (χ3n) is 2.39. The Morgan fingerprint density at radius 3 is 2.94 bits per heavy atom. The van der Waals surface area contributed by atoms with Crippen LogP contribution in [-0.2, 0) is 13.2 Å². The van der Waals surface area contributed by atoms with Gasteiger partial charge in [0.15, 0.2) is 0 Å². The van der Waals surface area contributed by atoms with E-state index in [4.69, 9.17) is 10.4 Å². The molecule has 17 heavy (non-hydrogen) atoms. The zero-order chi connectivity index (χ0) is 12.3. The van der Waals surface area contributed by atoms with E-state index in [1.807, 2.05) is 6.07 Å². The lowest BCUT2D eigenvalue weighted by Gasteiger charge is -2.04. The number of hydrogen-bond acceptors (Lipinski definition) is 3. The van der Waals surface area contributed by atoms with E-state index in [0.29, 0.717) is 23.4 Å². The molecule has 1 N–H and O–H groups in total. The van der Waals surface area contributed by atoms with Crippen LogP contribution in [0.3, 0.4) is 0 Å². The standard InChI is InChI=1S/C12H10FN3O/c13-11-2-1-9(4-14)10(3-11)5-16-6-12(7-17)15-8-16/h1-3,6,8,17H,5,7H2. The Morgan fingerprint density at radius 2 is 2.29 bits per heavy atom. The molecule has 1 heterocycles. The molecule has 0 unspecified atom stereocenters. The maximum Gasteiger partial charge on any atom is 0.123 e. The molecule has 0 atom stereocenters. The van der Waals surface area contributed by atoms with Crippen molar-refractivity contribution in [2.45, 2.75) is 13.2 Å². The van der Waals surface area contributed by atoms with Crippen molar-refractivity contribution in [3.63, 3.8) is 0 Å². The molecule has 1 aromatic carbocycles. The highest BCUT2D eigenvalue weighted by molar-refractivity contribution is 5.38. The summed E-state index contributed by atoms with van der Waals surface area (Å²) in [5.41, 5.74) is 1.57. The van der Waals surface area contributed by atoms with E-state index in [0.717, 1.165) is 0 Å². The predicted octanol–water partition coefficient (Wildman–Crippen LogP) is 1.43. The second-order valence-corrected chi connectivity index (χ2v) is 3.61. The van der Waals surface area contributed by atoms with Crippen molar-refractivity contribution in [3.05, 3.63) is 53.4 Å². The van der Waals surface area contributed by atoms with Gasteiger partial charge in [-0.2, -0.15) is 5.26 Å². The number of halogens is 1. The van der Waals surface area contributed by atoms with Gasteiger partial charge >= 0.3 is 0 Å². The van der Waals surface area contributed by atoms with Gasteiger partial charge in [-0.3, -0.25) is 0 Å². The van der Waals surface area contributed by atoms with Crippen molar-refractivity contribution in [1.82, 2.24) is 9.55 Å². The van der Waals surface area contributed by atoms with E-state index < -0.39 is 0 Å². The van der Waals surface area contributed by atoms with Crippen molar-refractivity contribution >= 4 is 0 Å². The van der Waals surface area contributed by atoms with Crippen molar-refractivity contribution in [2.24, 2.45) is 0 Å². The molecule has 2 aromatic rings. The monoisotopic (exact) mass is 231 g/mol. The highest BCUT2D eigenvalue weighted by Crippen LogP contribution is 2.12. The van der Waals surface area contributed by atoms with Crippen molar-refractivity contribution in [2.75, 3.05) is 0 Å². The van der Waals surface area contributed by atoms with Crippen molar-refractivity contribution < 1.29 is 9.50 Å². The fraction of sp³-hybridized carbons (Fsp3) is 0.167. The van der Waals surface area contributed by atoms with Crippen LogP contribution in [0.15, 0.2) is 30.7 Å². The molecular weight excluding hydrogens is 221 g/mol. The molecule has 1 aromatic heterocycles. The number of aliphatic hydroxyl groups excluding tert-OH is 1. The maximum atomic E-state index is 13.1. The molecule has 0 radical (unpaired) electrons. The number of nitriles is 1. The lowest BCUT2D eigenvalue weighted by molar-refractivity contribution is 0.277. The molecule has 2 rings (SSSR count). The Hall–Kier alpha value is -2.19. The van der Waals surface area contributed by atoms with E-state index in [9.17, 15) is 4.39 Å². The zero-order valence-electron chi connectivity index (χ0n) is 8.97. The summed E-state index contributed by atoms with van der Waals surface area (Å²) in [6, 6.07) is 6.06. The Balaban J connectivity index is 2.29. The number of aliphatic hydroxyl groups is 1. The maximum absolute atomic E-state index is 13.1. The lowest BCUT2D eigenvalue weighted by atomic mass is 10.1. The topological polar surface area (TPSA) is 61.8 Å². The summed E-state index contributed by atoms with van der Waals surface area (Å²) in [6.45, 7) is 0.217. The molecule has 0 amide bonds. The summed E-state index contributed by atoms with van der Waals surface area (Å²) in [7, 11) is 0. The normalized spacial score (nSPS) is 10.2. The van der Waals surface area contributed by atoms with E-state index >= 15 is 0 Å². The van der Waals surface area contributed by atoms with Crippen LogP contribution < -0.4 is 0 Å².